The first-order valence-corrected chi connectivity index (χ1v) is 2.51. The third-order valence-corrected chi connectivity index (χ3v) is 0.881. The fourth-order valence-corrected chi connectivity index (χ4v) is 0.544. The van der Waals surface area contributed by atoms with Gasteiger partial charge >= 0.3 is 0 Å². The van der Waals surface area contributed by atoms with Gasteiger partial charge < -0.3 is 5.73 Å². The van der Waals surface area contributed by atoms with Gasteiger partial charge in [-0.15, -0.1) is 0 Å². The van der Waals surface area contributed by atoms with E-state index in [0.717, 1.165) is 0 Å². The SMILES string of the molecule is [2H]c1c(N)c([2H])c(C([2H])([2H])[2H])c([2H])c1C#N. The quantitative estimate of drug-likeness (QED) is 0.551. The van der Waals surface area contributed by atoms with Crippen LogP contribution in [0.2, 0.25) is 0 Å². The van der Waals surface area contributed by atoms with E-state index < -0.39 is 41.8 Å². The third kappa shape index (κ3) is 1.26. The first-order chi connectivity index (χ1) is 7.21. The summed E-state index contributed by atoms with van der Waals surface area (Å²) in [5.74, 6) is 0. The minimum atomic E-state index is -2.69. The van der Waals surface area contributed by atoms with Gasteiger partial charge in [-0.1, -0.05) is 0 Å². The number of nitrogens with zero attached hydrogens (tertiary/aromatic N) is 1. The second-order valence-electron chi connectivity index (χ2n) is 1.65. The Balaban J connectivity index is 3.78. The van der Waals surface area contributed by atoms with Crippen LogP contribution in [0.25, 0.3) is 0 Å². The van der Waals surface area contributed by atoms with Gasteiger partial charge in [-0.25, -0.2) is 0 Å². The van der Waals surface area contributed by atoms with Gasteiger partial charge in [0.15, 0.2) is 0 Å². The number of hydrogen-bond donors (Lipinski definition) is 1. The molecule has 0 spiro atoms. The van der Waals surface area contributed by atoms with E-state index in [1.165, 1.54) is 0 Å². The summed E-state index contributed by atoms with van der Waals surface area (Å²) in [6.45, 7) is -2.69. The minimum absolute atomic E-state index is 0.390. The highest BCUT2D eigenvalue weighted by Crippen LogP contribution is 2.09. The maximum absolute atomic E-state index is 8.71. The lowest BCUT2D eigenvalue weighted by Gasteiger charge is -1.95. The molecule has 0 saturated carbocycles. The molecule has 10 heavy (non-hydrogen) atoms. The zero-order valence-corrected chi connectivity index (χ0v) is 5.02. The van der Waals surface area contributed by atoms with Crippen molar-refractivity contribution >= 4 is 5.69 Å². The van der Waals surface area contributed by atoms with Gasteiger partial charge in [-0.2, -0.15) is 5.26 Å². The van der Waals surface area contributed by atoms with Gasteiger partial charge in [0.2, 0.25) is 0 Å². The second kappa shape index (κ2) is 2.40. The van der Waals surface area contributed by atoms with Crippen molar-refractivity contribution in [3.05, 3.63) is 29.3 Å². The van der Waals surface area contributed by atoms with E-state index in [0.29, 0.717) is 0 Å². The number of nitrogen functional groups attached to an aromatic ring is 1. The maximum Gasteiger partial charge on any atom is 0.0992 e. The summed E-state index contributed by atoms with van der Waals surface area (Å²) in [6.07, 6.45) is 0. The molecule has 2 heteroatoms. The monoisotopic (exact) mass is 138 g/mol. The average molecular weight is 138 g/mol. The predicted octanol–water partition coefficient (Wildman–Crippen LogP) is 1.45. The standard InChI is InChI=1S/C8H8N2/c1-6-2-7(5-9)4-8(10)3-6/h2-4H,10H2,1H3/i1D3,2D,3D,4D. The van der Waals surface area contributed by atoms with Crippen LogP contribution in [0.3, 0.4) is 0 Å². The molecule has 0 bridgehead atoms. The van der Waals surface area contributed by atoms with Crippen molar-refractivity contribution in [2.45, 2.75) is 6.85 Å². The molecule has 0 aliphatic heterocycles. The van der Waals surface area contributed by atoms with Crippen LogP contribution in [-0.4, -0.2) is 0 Å². The smallest absolute Gasteiger partial charge is 0.0992 e. The molecule has 0 radical (unpaired) electrons. The van der Waals surface area contributed by atoms with Crippen molar-refractivity contribution in [3.63, 3.8) is 0 Å². The van der Waals surface area contributed by atoms with Gasteiger partial charge in [0.1, 0.15) is 0 Å². The van der Waals surface area contributed by atoms with E-state index in [-0.39, 0.29) is 0 Å². The van der Waals surface area contributed by atoms with Crippen LogP contribution >= 0.6 is 0 Å². The molecule has 2 nitrogen and oxygen atoms in total. The Labute approximate surface area is 68.3 Å². The lowest BCUT2D eigenvalue weighted by Crippen LogP contribution is -1.86. The zero-order valence-electron chi connectivity index (χ0n) is 11.0. The average Bonchev–Trinajstić information content (AvgIpc) is 2.13. The molecular weight excluding hydrogens is 124 g/mol. The molecule has 0 aliphatic carbocycles. The molecule has 0 amide bonds. The van der Waals surface area contributed by atoms with E-state index >= 15 is 0 Å². The Morgan fingerprint density at radius 3 is 3.10 bits per heavy atom. The van der Waals surface area contributed by atoms with Crippen LogP contribution < -0.4 is 5.73 Å². The van der Waals surface area contributed by atoms with Gasteiger partial charge in [-0.3, -0.25) is 0 Å². The van der Waals surface area contributed by atoms with E-state index in [2.05, 4.69) is 0 Å². The summed E-state index contributed by atoms with van der Waals surface area (Å²) in [7, 11) is 0. The van der Waals surface area contributed by atoms with Crippen LogP contribution in [0, 0.1) is 18.2 Å². The van der Waals surface area contributed by atoms with Crippen molar-refractivity contribution < 1.29 is 8.22 Å². The largest absolute Gasteiger partial charge is 0.399 e. The fraction of sp³-hybridized carbons (Fsp3) is 0.125. The van der Waals surface area contributed by atoms with Crippen molar-refractivity contribution in [2.75, 3.05) is 5.73 Å². The lowest BCUT2D eigenvalue weighted by atomic mass is 10.1. The topological polar surface area (TPSA) is 49.8 Å². The Hall–Kier alpha value is -1.49. The molecule has 0 atom stereocenters. The highest BCUT2D eigenvalue weighted by atomic mass is 14.5. The highest BCUT2D eigenvalue weighted by molar-refractivity contribution is 5.48. The molecule has 1 rings (SSSR count). The number of anilines is 1. The van der Waals surface area contributed by atoms with E-state index in [4.69, 9.17) is 19.2 Å². The van der Waals surface area contributed by atoms with E-state index in [9.17, 15) is 0 Å². The Morgan fingerprint density at radius 1 is 1.70 bits per heavy atom. The molecule has 0 aliphatic rings. The van der Waals surface area contributed by atoms with E-state index in [1.54, 1.807) is 6.07 Å². The van der Waals surface area contributed by atoms with Crippen LogP contribution in [0.4, 0.5) is 5.69 Å². The van der Waals surface area contributed by atoms with Crippen molar-refractivity contribution in [3.8, 4) is 6.07 Å². The Kier molecular flexibility index (Phi) is 0.548. The molecule has 0 heterocycles. The molecule has 0 saturated heterocycles. The van der Waals surface area contributed by atoms with Crippen molar-refractivity contribution in [2.24, 2.45) is 0 Å². The summed E-state index contributed by atoms with van der Waals surface area (Å²) in [6, 6.07) is -0.105. The zero-order chi connectivity index (χ0) is 12.7. The molecule has 0 fully saturated rings. The number of benzene rings is 1. The van der Waals surface area contributed by atoms with Crippen molar-refractivity contribution in [1.82, 2.24) is 0 Å². The van der Waals surface area contributed by atoms with Crippen LogP contribution in [0.15, 0.2) is 18.1 Å². The van der Waals surface area contributed by atoms with Crippen molar-refractivity contribution in [1.29, 1.82) is 5.26 Å². The summed E-state index contributed by atoms with van der Waals surface area (Å²) >= 11 is 0. The second-order valence-corrected chi connectivity index (χ2v) is 1.65. The summed E-state index contributed by atoms with van der Waals surface area (Å²) in [5.41, 5.74) is 3.97. The summed E-state index contributed by atoms with van der Waals surface area (Å²) in [5, 5.41) is 8.71. The first-order valence-electron chi connectivity index (χ1n) is 5.51. The molecule has 1 aromatic rings. The fourth-order valence-electron chi connectivity index (χ4n) is 0.544. The normalized spacial score (nSPS) is 18.7. The maximum atomic E-state index is 8.71. The third-order valence-electron chi connectivity index (χ3n) is 0.881. The van der Waals surface area contributed by atoms with Gasteiger partial charge in [-0.05, 0) is 30.5 Å². The first kappa shape index (κ1) is 2.28. The van der Waals surface area contributed by atoms with Crippen LogP contribution in [0.1, 0.15) is 19.4 Å². The van der Waals surface area contributed by atoms with E-state index in [1.807, 2.05) is 0 Å². The van der Waals surface area contributed by atoms with Gasteiger partial charge in [0.05, 0.1) is 15.7 Å². The number of nitrogens with two attached hydrogens (primary N) is 1. The van der Waals surface area contributed by atoms with Gasteiger partial charge in [0.25, 0.3) is 0 Å². The highest BCUT2D eigenvalue weighted by Gasteiger charge is 1.92. The molecule has 0 aromatic heterocycles. The minimum Gasteiger partial charge on any atom is -0.399 e. The Morgan fingerprint density at radius 2 is 2.50 bits per heavy atom. The predicted molar refractivity (Wildman–Crippen MR) is 40.3 cm³/mol. The molecular formula is C8H8N2. The summed E-state index contributed by atoms with van der Waals surface area (Å²) in [4.78, 5) is 0. The van der Waals surface area contributed by atoms with Crippen LogP contribution in [0.5, 0.6) is 0 Å². The van der Waals surface area contributed by atoms with Gasteiger partial charge in [0, 0.05) is 9.80 Å². The molecule has 50 valence electrons. The lowest BCUT2D eigenvalue weighted by molar-refractivity contribution is 1.42. The number of nitriles is 1. The molecule has 2 N–H and O–H groups in total. The number of hydrogen-bond acceptors (Lipinski definition) is 2. The summed E-state index contributed by atoms with van der Waals surface area (Å²) < 4.78 is 43.9. The molecule has 0 unspecified atom stereocenters. The molecule has 1 aromatic carbocycles. The Bertz CT molecular complexity index is 485. The number of rotatable bonds is 0. The van der Waals surface area contributed by atoms with Crippen LogP contribution in [-0.2, 0) is 0 Å².